The molecule has 0 saturated heterocycles. The number of carboxylic acids is 2. The maximum absolute atomic E-state index is 9.47. The van der Waals surface area contributed by atoms with Crippen molar-refractivity contribution in [1.82, 2.24) is 0 Å². The van der Waals surface area contributed by atoms with E-state index in [9.17, 15) is 9.59 Å². The van der Waals surface area contributed by atoms with Crippen molar-refractivity contribution < 1.29 is 19.8 Å². The third kappa shape index (κ3) is 9.43. The van der Waals surface area contributed by atoms with E-state index in [2.05, 4.69) is 0 Å². The van der Waals surface area contributed by atoms with Crippen molar-refractivity contribution in [2.24, 2.45) is 0 Å². The Kier molecular flexibility index (Phi) is 5.82. The van der Waals surface area contributed by atoms with Crippen molar-refractivity contribution in [3.05, 3.63) is 30.3 Å². The number of rotatable bonds is 0. The van der Waals surface area contributed by atoms with Crippen LogP contribution in [0.25, 0.3) is 0 Å². The molecule has 1 aromatic carbocycles. The van der Waals surface area contributed by atoms with Crippen LogP contribution in [-0.2, 0) is 9.59 Å². The number of carboxylic acid groups (broad SMARTS) is 2. The topological polar surface area (TPSA) is 101 Å². The van der Waals surface area contributed by atoms with Gasteiger partial charge in [-0.15, -0.1) is 0 Å². The normalized spacial score (nSPS) is 7.47. The summed E-state index contributed by atoms with van der Waals surface area (Å²) in [4.78, 5) is 18.9. The predicted octanol–water partition coefficient (Wildman–Crippen LogP) is 0.428. The van der Waals surface area contributed by atoms with Gasteiger partial charge in [-0.1, -0.05) is 18.2 Å². The molecule has 15 heavy (non-hydrogen) atoms. The van der Waals surface area contributed by atoms with E-state index in [1.165, 1.54) is 11.8 Å². The molecule has 0 bridgehead atoms. The van der Waals surface area contributed by atoms with Crippen molar-refractivity contribution in [1.29, 1.82) is 0 Å². The fourth-order valence-electron chi connectivity index (χ4n) is 0.560. The van der Waals surface area contributed by atoms with Gasteiger partial charge in [0.1, 0.15) is 0 Å². The van der Waals surface area contributed by atoms with Crippen LogP contribution in [0.1, 0.15) is 0 Å². The summed E-state index contributed by atoms with van der Waals surface area (Å²) in [5.74, 6) is -0.0511. The number of aliphatic carboxylic acids is 2. The first-order valence-corrected chi connectivity index (χ1v) is 3.80. The second-order valence-electron chi connectivity index (χ2n) is 2.27. The number of nitrogen functional groups attached to an aromatic ring is 1. The van der Waals surface area contributed by atoms with Crippen LogP contribution in [0.3, 0.4) is 0 Å². The van der Waals surface area contributed by atoms with Gasteiger partial charge >= 0.3 is 11.9 Å². The minimum Gasteiger partial charge on any atom is -0.472 e. The van der Waals surface area contributed by atoms with Gasteiger partial charge in [-0.05, 0) is 12.1 Å². The van der Waals surface area contributed by atoms with Crippen molar-refractivity contribution in [3.63, 3.8) is 0 Å². The molecule has 0 unspecified atom stereocenters. The summed E-state index contributed by atoms with van der Waals surface area (Å²) >= 11 is 0. The van der Waals surface area contributed by atoms with Crippen LogP contribution < -0.4 is 5.73 Å². The number of hydrogen-bond acceptors (Lipinski definition) is 3. The molecule has 1 aromatic rings. The molecule has 0 aliphatic carbocycles. The van der Waals surface area contributed by atoms with E-state index < -0.39 is 11.9 Å². The predicted molar refractivity (Wildman–Crippen MR) is 53.9 cm³/mol. The van der Waals surface area contributed by atoms with Gasteiger partial charge in [-0.3, -0.25) is 0 Å². The summed E-state index contributed by atoms with van der Waals surface area (Å²) in [5, 5.41) is 15.5. The lowest BCUT2D eigenvalue weighted by atomic mass is 10.3. The highest BCUT2D eigenvalue weighted by molar-refractivity contribution is 5.96. The van der Waals surface area contributed by atoms with Crippen molar-refractivity contribution >= 4 is 17.6 Å². The van der Waals surface area contributed by atoms with Gasteiger partial charge in [-0.25, -0.2) is 9.59 Å². The quantitative estimate of drug-likeness (QED) is 0.423. The van der Waals surface area contributed by atoms with Crippen LogP contribution in [0.15, 0.2) is 30.3 Å². The Labute approximate surface area is 86.1 Å². The minimum absolute atomic E-state index is 0.822. The summed E-state index contributed by atoms with van der Waals surface area (Å²) in [6.07, 6.45) is 0. The molecule has 0 heterocycles. The average Bonchev–Trinajstić information content (AvgIpc) is 2.17. The first-order valence-electron chi connectivity index (χ1n) is 3.80. The lowest BCUT2D eigenvalue weighted by Gasteiger charge is -1.83. The number of anilines is 1. The van der Waals surface area contributed by atoms with Crippen LogP contribution in [0, 0.1) is 11.8 Å². The van der Waals surface area contributed by atoms with Crippen LogP contribution >= 0.6 is 0 Å². The van der Waals surface area contributed by atoms with E-state index in [1.807, 2.05) is 30.3 Å². The molecule has 0 amide bonds. The van der Waals surface area contributed by atoms with E-state index in [4.69, 9.17) is 15.9 Å². The monoisotopic (exact) mass is 207 g/mol. The molecule has 0 aliphatic heterocycles. The Morgan fingerprint density at radius 1 is 1.00 bits per heavy atom. The zero-order valence-corrected chi connectivity index (χ0v) is 7.68. The maximum atomic E-state index is 9.47. The minimum atomic E-state index is -1.44. The Balaban J connectivity index is 0.000000262. The first kappa shape index (κ1) is 12.5. The van der Waals surface area contributed by atoms with Gasteiger partial charge in [0, 0.05) is 17.5 Å². The molecular weight excluding hydrogens is 198 g/mol. The Hall–Kier alpha value is -2.48. The largest absolute Gasteiger partial charge is 0.472 e. The van der Waals surface area contributed by atoms with E-state index in [0.717, 1.165) is 5.69 Å². The molecule has 5 heteroatoms. The van der Waals surface area contributed by atoms with Crippen molar-refractivity contribution in [3.8, 4) is 11.8 Å². The second kappa shape index (κ2) is 6.97. The Morgan fingerprint density at radius 2 is 1.40 bits per heavy atom. The third-order valence-corrected chi connectivity index (χ3v) is 1.08. The van der Waals surface area contributed by atoms with Crippen LogP contribution in [0.4, 0.5) is 5.69 Å². The lowest BCUT2D eigenvalue weighted by molar-refractivity contribution is -0.132. The van der Waals surface area contributed by atoms with Gasteiger partial charge in [0.05, 0.1) is 0 Å². The molecule has 1 rings (SSSR count). The van der Waals surface area contributed by atoms with Crippen LogP contribution in [0.2, 0.25) is 0 Å². The van der Waals surface area contributed by atoms with Crippen LogP contribution in [0.5, 0.6) is 0 Å². The molecule has 0 spiro atoms. The number of benzene rings is 1. The summed E-state index contributed by atoms with van der Waals surface area (Å²) in [5.41, 5.74) is 6.18. The summed E-state index contributed by atoms with van der Waals surface area (Å²) in [7, 11) is 0. The fourth-order valence-corrected chi connectivity index (χ4v) is 0.560. The number of hydrogen-bond donors (Lipinski definition) is 3. The number of para-hydroxylation sites is 1. The molecule has 0 aromatic heterocycles. The zero-order chi connectivity index (χ0) is 11.7. The summed E-state index contributed by atoms with van der Waals surface area (Å²) in [6.45, 7) is 0. The van der Waals surface area contributed by atoms with E-state index in [-0.39, 0.29) is 0 Å². The second-order valence-corrected chi connectivity index (χ2v) is 2.27. The van der Waals surface area contributed by atoms with Gasteiger partial charge < -0.3 is 15.9 Å². The van der Waals surface area contributed by atoms with Crippen molar-refractivity contribution in [2.45, 2.75) is 0 Å². The number of nitrogens with two attached hydrogens (primary N) is 1. The molecule has 78 valence electrons. The molecule has 0 radical (unpaired) electrons. The van der Waals surface area contributed by atoms with Crippen molar-refractivity contribution in [2.75, 3.05) is 5.73 Å². The van der Waals surface area contributed by atoms with E-state index in [0.29, 0.717) is 0 Å². The first-order chi connectivity index (χ1) is 7.02. The molecule has 0 saturated carbocycles. The van der Waals surface area contributed by atoms with Gasteiger partial charge in [-0.2, -0.15) is 0 Å². The highest BCUT2D eigenvalue weighted by Gasteiger charge is 1.86. The third-order valence-electron chi connectivity index (χ3n) is 1.08. The molecule has 5 nitrogen and oxygen atoms in total. The smallest absolute Gasteiger partial charge is 0.382 e. The molecule has 0 aliphatic rings. The molecule has 4 N–H and O–H groups in total. The SMILES string of the molecule is Nc1ccccc1.O=C(O)C#CC(=O)O. The summed E-state index contributed by atoms with van der Waals surface area (Å²) in [6, 6.07) is 9.49. The van der Waals surface area contributed by atoms with Gasteiger partial charge in [0.25, 0.3) is 0 Å². The number of carbonyl (C=O) groups is 2. The molecular formula is C10H9NO4. The van der Waals surface area contributed by atoms with E-state index in [1.54, 1.807) is 0 Å². The van der Waals surface area contributed by atoms with Crippen LogP contribution in [-0.4, -0.2) is 22.2 Å². The van der Waals surface area contributed by atoms with E-state index >= 15 is 0 Å². The lowest BCUT2D eigenvalue weighted by Crippen LogP contribution is -1.92. The van der Waals surface area contributed by atoms with Gasteiger partial charge in [0.2, 0.25) is 0 Å². The Bertz CT molecular complexity index is 371. The average molecular weight is 207 g/mol. The summed E-state index contributed by atoms with van der Waals surface area (Å²) < 4.78 is 0. The highest BCUT2D eigenvalue weighted by atomic mass is 16.4. The Morgan fingerprint density at radius 3 is 1.60 bits per heavy atom. The fraction of sp³-hybridized carbons (Fsp3) is 0. The maximum Gasteiger partial charge on any atom is 0.382 e. The highest BCUT2D eigenvalue weighted by Crippen LogP contribution is 1.95. The molecule has 0 atom stereocenters. The zero-order valence-electron chi connectivity index (χ0n) is 7.68. The van der Waals surface area contributed by atoms with Gasteiger partial charge in [0.15, 0.2) is 0 Å². The molecule has 0 fully saturated rings. The standard InChI is InChI=1S/C6H7N.C4H2O4/c7-6-4-2-1-3-5-6;5-3(6)1-2-4(7)8/h1-5H,7H2;(H,5,6)(H,7,8).